The van der Waals surface area contributed by atoms with Gasteiger partial charge in [-0.25, -0.2) is 0 Å². The van der Waals surface area contributed by atoms with Gasteiger partial charge in [-0.05, 0) is 62.5 Å². The molecule has 1 N–H and O–H groups in total. The van der Waals surface area contributed by atoms with E-state index in [4.69, 9.17) is 0 Å². The Balaban J connectivity index is 1.74. The number of nitrogens with one attached hydrogen (secondary N) is 1. The van der Waals surface area contributed by atoms with Gasteiger partial charge in [0.25, 0.3) is 0 Å². The van der Waals surface area contributed by atoms with Crippen LogP contribution < -0.4 is 5.32 Å². The first-order valence-electron chi connectivity index (χ1n) is 7.92. The van der Waals surface area contributed by atoms with E-state index >= 15 is 0 Å². The largest absolute Gasteiger partial charge is 0.367 e. The summed E-state index contributed by atoms with van der Waals surface area (Å²) in [5.74, 6) is 0. The molecule has 0 saturated heterocycles. The molecule has 0 amide bonds. The molecule has 2 aliphatic carbocycles. The normalized spacial score (nSPS) is 23.4. The molecule has 2 saturated carbocycles. The quantitative estimate of drug-likeness (QED) is 0.836. The van der Waals surface area contributed by atoms with Crippen molar-refractivity contribution in [2.45, 2.75) is 63.8 Å². The number of benzene rings is 1. The maximum atomic E-state index is 9.71. The SMILES string of the molecule is Cc1ccccc1NC1(C#N)CCC2(CCCC2)CC1. The van der Waals surface area contributed by atoms with Crippen molar-refractivity contribution in [2.24, 2.45) is 5.41 Å². The number of rotatable bonds is 2. The summed E-state index contributed by atoms with van der Waals surface area (Å²) in [4.78, 5) is 0. The average molecular weight is 268 g/mol. The molecule has 1 spiro atoms. The fraction of sp³-hybridized carbons (Fsp3) is 0.611. The molecule has 2 fully saturated rings. The maximum Gasteiger partial charge on any atom is 0.125 e. The molecule has 2 nitrogen and oxygen atoms in total. The number of anilines is 1. The molecular formula is C18H24N2. The Morgan fingerprint density at radius 2 is 1.65 bits per heavy atom. The minimum absolute atomic E-state index is 0.347. The molecule has 20 heavy (non-hydrogen) atoms. The number of nitrogens with zero attached hydrogens (tertiary/aromatic N) is 1. The van der Waals surface area contributed by atoms with Crippen LogP contribution >= 0.6 is 0 Å². The van der Waals surface area contributed by atoms with Crippen LogP contribution in [0.2, 0.25) is 0 Å². The fourth-order valence-electron chi connectivity index (χ4n) is 4.07. The van der Waals surface area contributed by atoms with Crippen LogP contribution in [0.1, 0.15) is 56.9 Å². The van der Waals surface area contributed by atoms with Gasteiger partial charge in [0.05, 0.1) is 6.07 Å². The summed E-state index contributed by atoms with van der Waals surface area (Å²) in [5, 5.41) is 13.3. The van der Waals surface area contributed by atoms with Crippen LogP contribution in [-0.4, -0.2) is 5.54 Å². The summed E-state index contributed by atoms with van der Waals surface area (Å²) in [6.45, 7) is 2.11. The molecule has 0 atom stereocenters. The van der Waals surface area contributed by atoms with E-state index in [9.17, 15) is 5.26 Å². The highest BCUT2D eigenvalue weighted by molar-refractivity contribution is 5.53. The second-order valence-electron chi connectivity index (χ2n) is 6.84. The topological polar surface area (TPSA) is 35.8 Å². The molecule has 0 heterocycles. The molecule has 0 unspecified atom stereocenters. The summed E-state index contributed by atoms with van der Waals surface area (Å²) in [6.07, 6.45) is 10.0. The summed E-state index contributed by atoms with van der Waals surface area (Å²) < 4.78 is 0. The molecule has 106 valence electrons. The first-order chi connectivity index (χ1) is 9.67. The minimum Gasteiger partial charge on any atom is -0.367 e. The van der Waals surface area contributed by atoms with Gasteiger partial charge in [-0.3, -0.25) is 0 Å². The lowest BCUT2D eigenvalue weighted by Gasteiger charge is -2.42. The average Bonchev–Trinajstić information content (AvgIpc) is 2.93. The lowest BCUT2D eigenvalue weighted by Crippen LogP contribution is -2.43. The van der Waals surface area contributed by atoms with E-state index < -0.39 is 0 Å². The van der Waals surface area contributed by atoms with E-state index in [0.29, 0.717) is 5.41 Å². The zero-order valence-electron chi connectivity index (χ0n) is 12.4. The van der Waals surface area contributed by atoms with Crippen molar-refractivity contribution in [3.63, 3.8) is 0 Å². The van der Waals surface area contributed by atoms with Crippen molar-refractivity contribution in [3.05, 3.63) is 29.8 Å². The molecule has 2 aliphatic rings. The number of hydrogen-bond acceptors (Lipinski definition) is 2. The van der Waals surface area contributed by atoms with Gasteiger partial charge in [-0.1, -0.05) is 31.0 Å². The van der Waals surface area contributed by atoms with Gasteiger partial charge in [0.2, 0.25) is 0 Å². The van der Waals surface area contributed by atoms with Gasteiger partial charge >= 0.3 is 0 Å². The highest BCUT2D eigenvalue weighted by Gasteiger charge is 2.44. The molecule has 1 aromatic carbocycles. The van der Waals surface area contributed by atoms with Gasteiger partial charge in [0, 0.05) is 5.69 Å². The fourth-order valence-corrected chi connectivity index (χ4v) is 4.07. The second-order valence-corrected chi connectivity index (χ2v) is 6.84. The van der Waals surface area contributed by atoms with Gasteiger partial charge in [-0.2, -0.15) is 5.26 Å². The predicted octanol–water partition coefficient (Wildman–Crippen LogP) is 4.80. The molecule has 0 aromatic heterocycles. The van der Waals surface area contributed by atoms with Crippen molar-refractivity contribution in [3.8, 4) is 6.07 Å². The Hall–Kier alpha value is -1.49. The van der Waals surface area contributed by atoms with Crippen molar-refractivity contribution in [2.75, 3.05) is 5.32 Å². The van der Waals surface area contributed by atoms with Crippen LogP contribution in [0.3, 0.4) is 0 Å². The predicted molar refractivity (Wildman–Crippen MR) is 82.5 cm³/mol. The zero-order valence-corrected chi connectivity index (χ0v) is 12.4. The Bertz CT molecular complexity index is 510. The Kier molecular flexibility index (Phi) is 3.46. The van der Waals surface area contributed by atoms with Crippen LogP contribution in [-0.2, 0) is 0 Å². The van der Waals surface area contributed by atoms with E-state index in [2.05, 4.69) is 30.4 Å². The van der Waals surface area contributed by atoms with E-state index in [0.717, 1.165) is 18.5 Å². The molecule has 0 radical (unpaired) electrons. The monoisotopic (exact) mass is 268 g/mol. The summed E-state index contributed by atoms with van der Waals surface area (Å²) in [5.41, 5.74) is 2.58. The van der Waals surface area contributed by atoms with Crippen molar-refractivity contribution < 1.29 is 0 Å². The number of hydrogen-bond donors (Lipinski definition) is 1. The van der Waals surface area contributed by atoms with Crippen LogP contribution in [0, 0.1) is 23.7 Å². The molecule has 2 heteroatoms. The van der Waals surface area contributed by atoms with E-state index in [1.807, 2.05) is 12.1 Å². The lowest BCUT2D eigenvalue weighted by molar-refractivity contribution is 0.167. The highest BCUT2D eigenvalue weighted by atomic mass is 15.0. The second kappa shape index (κ2) is 5.13. The standard InChI is InChI=1S/C18H24N2/c1-15-6-2-3-7-16(15)20-18(14-19)12-10-17(11-13-18)8-4-5-9-17/h2-3,6-7,20H,4-5,8-13H2,1H3. The first kappa shape index (κ1) is 13.5. The number of aryl methyl sites for hydroxylation is 1. The first-order valence-corrected chi connectivity index (χ1v) is 7.92. The lowest BCUT2D eigenvalue weighted by atomic mass is 9.67. The van der Waals surface area contributed by atoms with E-state index in [1.165, 1.54) is 44.1 Å². The van der Waals surface area contributed by atoms with Gasteiger partial charge in [-0.15, -0.1) is 0 Å². The van der Waals surface area contributed by atoms with Crippen LogP contribution in [0.15, 0.2) is 24.3 Å². The molecule has 0 bridgehead atoms. The van der Waals surface area contributed by atoms with Crippen LogP contribution in [0.4, 0.5) is 5.69 Å². The summed E-state index contributed by atoms with van der Waals surface area (Å²) in [6, 6.07) is 10.9. The maximum absolute atomic E-state index is 9.71. The number of para-hydroxylation sites is 1. The van der Waals surface area contributed by atoms with Crippen molar-refractivity contribution in [1.29, 1.82) is 5.26 Å². The van der Waals surface area contributed by atoms with Crippen LogP contribution in [0.25, 0.3) is 0 Å². The summed E-state index contributed by atoms with van der Waals surface area (Å²) >= 11 is 0. The summed E-state index contributed by atoms with van der Waals surface area (Å²) in [7, 11) is 0. The third-order valence-corrected chi connectivity index (χ3v) is 5.56. The Labute approximate surface area is 122 Å². The van der Waals surface area contributed by atoms with Gasteiger partial charge in [0.15, 0.2) is 0 Å². The highest BCUT2D eigenvalue weighted by Crippen LogP contribution is 2.51. The zero-order chi connectivity index (χ0) is 14.1. The van der Waals surface area contributed by atoms with Crippen LogP contribution in [0.5, 0.6) is 0 Å². The Morgan fingerprint density at radius 1 is 1.00 bits per heavy atom. The molecular weight excluding hydrogens is 244 g/mol. The third kappa shape index (κ3) is 2.42. The minimum atomic E-state index is -0.347. The molecule has 3 rings (SSSR count). The smallest absolute Gasteiger partial charge is 0.125 e. The van der Waals surface area contributed by atoms with E-state index in [-0.39, 0.29) is 5.54 Å². The van der Waals surface area contributed by atoms with Crippen molar-refractivity contribution >= 4 is 5.69 Å². The van der Waals surface area contributed by atoms with Crippen molar-refractivity contribution in [1.82, 2.24) is 0 Å². The van der Waals surface area contributed by atoms with Gasteiger partial charge < -0.3 is 5.32 Å². The molecule has 0 aliphatic heterocycles. The third-order valence-electron chi connectivity index (χ3n) is 5.56. The number of nitriles is 1. The van der Waals surface area contributed by atoms with Gasteiger partial charge in [0.1, 0.15) is 5.54 Å². The molecule has 1 aromatic rings. The van der Waals surface area contributed by atoms with E-state index in [1.54, 1.807) is 0 Å². The Morgan fingerprint density at radius 3 is 2.25 bits per heavy atom.